The number of amides is 2. The predicted molar refractivity (Wildman–Crippen MR) is 134 cm³/mol. The van der Waals surface area contributed by atoms with Crippen LogP contribution in [0.3, 0.4) is 0 Å². The Morgan fingerprint density at radius 3 is 2.34 bits per heavy atom. The summed E-state index contributed by atoms with van der Waals surface area (Å²) in [5.41, 5.74) is 2.11. The van der Waals surface area contributed by atoms with Crippen LogP contribution in [0.15, 0.2) is 82.6 Å². The summed E-state index contributed by atoms with van der Waals surface area (Å²) in [4.78, 5) is 29.2. The van der Waals surface area contributed by atoms with Crippen molar-refractivity contribution in [2.24, 2.45) is 0 Å². The van der Waals surface area contributed by atoms with E-state index in [4.69, 9.17) is 9.47 Å². The first kappa shape index (κ1) is 24.8. The number of hydrogen-bond acceptors (Lipinski definition) is 5. The topological polar surface area (TPSA) is 84.9 Å². The van der Waals surface area contributed by atoms with Crippen LogP contribution in [0.2, 0.25) is 0 Å². The second-order valence-corrected chi connectivity index (χ2v) is 9.29. The van der Waals surface area contributed by atoms with Gasteiger partial charge in [-0.15, -0.1) is 0 Å². The zero-order valence-corrected chi connectivity index (χ0v) is 20.5. The molecule has 0 saturated heterocycles. The lowest BCUT2D eigenvalue weighted by Crippen LogP contribution is -2.35. The van der Waals surface area contributed by atoms with Crippen molar-refractivity contribution in [3.8, 4) is 0 Å². The van der Waals surface area contributed by atoms with Gasteiger partial charge in [0, 0.05) is 18.8 Å². The summed E-state index contributed by atoms with van der Waals surface area (Å²) in [7, 11) is -1.58. The van der Waals surface area contributed by atoms with Crippen LogP contribution in [0, 0.1) is 0 Å². The van der Waals surface area contributed by atoms with Gasteiger partial charge in [0.25, 0.3) is 11.8 Å². The minimum atomic E-state index is -1.58. The van der Waals surface area contributed by atoms with Gasteiger partial charge in [-0.3, -0.25) is 9.59 Å². The quantitative estimate of drug-likeness (QED) is 0.454. The number of nitrogens with zero attached hydrogens (tertiary/aromatic N) is 1. The van der Waals surface area contributed by atoms with E-state index in [1.807, 2.05) is 44.2 Å². The Labute approximate surface area is 207 Å². The highest BCUT2D eigenvalue weighted by molar-refractivity contribution is 7.85. The van der Waals surface area contributed by atoms with Gasteiger partial charge >= 0.3 is 0 Å². The number of hydrogen-bond donors (Lipinski definition) is 1. The van der Waals surface area contributed by atoms with E-state index in [0.717, 1.165) is 5.56 Å². The number of anilines is 1. The fraction of sp³-hybridized carbons (Fsp3) is 0.259. The Kier molecular flexibility index (Phi) is 8.07. The summed E-state index contributed by atoms with van der Waals surface area (Å²) >= 11 is 0. The van der Waals surface area contributed by atoms with E-state index in [9.17, 15) is 13.8 Å². The molecule has 182 valence electrons. The van der Waals surface area contributed by atoms with Crippen molar-refractivity contribution in [2.45, 2.75) is 36.5 Å². The number of carbonyl (C=O) groups is 2. The minimum absolute atomic E-state index is 0.182. The van der Waals surface area contributed by atoms with Gasteiger partial charge in [0.2, 0.25) is 0 Å². The van der Waals surface area contributed by atoms with Gasteiger partial charge in [-0.25, -0.2) is 4.21 Å². The molecule has 0 saturated carbocycles. The molecule has 1 aliphatic rings. The van der Waals surface area contributed by atoms with Crippen LogP contribution in [0.4, 0.5) is 5.69 Å². The molecule has 0 aromatic heterocycles. The van der Waals surface area contributed by atoms with Gasteiger partial charge in [0.05, 0.1) is 44.9 Å². The first-order valence-electron chi connectivity index (χ1n) is 11.6. The highest BCUT2D eigenvalue weighted by atomic mass is 32.2. The van der Waals surface area contributed by atoms with Crippen LogP contribution in [0.1, 0.15) is 40.1 Å². The van der Waals surface area contributed by atoms with E-state index < -0.39 is 17.1 Å². The molecule has 0 unspecified atom stereocenters. The van der Waals surface area contributed by atoms with Crippen LogP contribution in [-0.4, -0.2) is 42.1 Å². The van der Waals surface area contributed by atoms with E-state index in [1.54, 1.807) is 47.4 Å². The largest absolute Gasteiger partial charge is 0.351 e. The van der Waals surface area contributed by atoms with Crippen molar-refractivity contribution >= 4 is 28.3 Å². The number of benzene rings is 3. The summed E-state index contributed by atoms with van der Waals surface area (Å²) in [5.74, 6) is -0.598. The molecule has 35 heavy (non-hydrogen) atoms. The monoisotopic (exact) mass is 492 g/mol. The van der Waals surface area contributed by atoms with Crippen molar-refractivity contribution < 1.29 is 23.3 Å². The summed E-state index contributed by atoms with van der Waals surface area (Å²) in [5, 5.41) is 2.83. The molecule has 7 nitrogen and oxygen atoms in total. The van der Waals surface area contributed by atoms with Gasteiger partial charge in [-0.05, 0) is 49.7 Å². The van der Waals surface area contributed by atoms with Crippen molar-refractivity contribution in [2.75, 3.05) is 24.7 Å². The minimum Gasteiger partial charge on any atom is -0.351 e. The van der Waals surface area contributed by atoms with E-state index in [-0.39, 0.29) is 24.9 Å². The lowest BCUT2D eigenvalue weighted by molar-refractivity contribution is -0.131. The number of nitrogens with one attached hydrogen (secondary N) is 1. The third-order valence-corrected chi connectivity index (χ3v) is 7.09. The highest BCUT2D eigenvalue weighted by Gasteiger charge is 2.31. The molecule has 4 rings (SSSR count). The zero-order chi connectivity index (χ0) is 24.8. The fourth-order valence-corrected chi connectivity index (χ4v) is 5.29. The van der Waals surface area contributed by atoms with Crippen LogP contribution in [-0.2, 0) is 26.8 Å². The number of rotatable bonds is 9. The maximum Gasteiger partial charge on any atom is 0.259 e. The Morgan fingerprint density at radius 1 is 0.943 bits per heavy atom. The molecule has 0 spiro atoms. The summed E-state index contributed by atoms with van der Waals surface area (Å²) in [6, 6.07) is 21.4. The smallest absolute Gasteiger partial charge is 0.259 e. The SMILES string of the molecule is CCOC(CNC(=O)c1ccc2c(c1)N(Cc1ccccc1)C(=O)c1ccccc1[S@]2=O)OCC. The van der Waals surface area contributed by atoms with E-state index in [0.29, 0.717) is 39.8 Å². The second kappa shape index (κ2) is 11.4. The van der Waals surface area contributed by atoms with Crippen LogP contribution >= 0.6 is 0 Å². The van der Waals surface area contributed by atoms with Gasteiger partial charge in [-0.2, -0.15) is 0 Å². The molecule has 3 aromatic rings. The van der Waals surface area contributed by atoms with Crippen molar-refractivity contribution in [3.05, 3.63) is 89.5 Å². The van der Waals surface area contributed by atoms with Crippen molar-refractivity contribution in [1.82, 2.24) is 5.32 Å². The molecule has 1 heterocycles. The van der Waals surface area contributed by atoms with Crippen molar-refractivity contribution in [1.29, 1.82) is 0 Å². The van der Waals surface area contributed by atoms with Gasteiger partial charge in [0.1, 0.15) is 0 Å². The predicted octanol–water partition coefficient (Wildman–Crippen LogP) is 4.14. The van der Waals surface area contributed by atoms with E-state index in [1.165, 1.54) is 0 Å². The first-order chi connectivity index (χ1) is 17.0. The Balaban J connectivity index is 1.70. The lowest BCUT2D eigenvalue weighted by Gasteiger charge is -2.24. The molecule has 0 aliphatic carbocycles. The average molecular weight is 493 g/mol. The molecular weight excluding hydrogens is 464 g/mol. The molecule has 1 N–H and O–H groups in total. The number of carbonyl (C=O) groups excluding carboxylic acids is 2. The molecule has 1 aliphatic heterocycles. The third kappa shape index (κ3) is 5.51. The second-order valence-electron chi connectivity index (χ2n) is 7.87. The molecule has 3 aromatic carbocycles. The van der Waals surface area contributed by atoms with Crippen LogP contribution in [0.25, 0.3) is 0 Å². The van der Waals surface area contributed by atoms with Crippen LogP contribution in [0.5, 0.6) is 0 Å². The molecule has 0 bridgehead atoms. The number of fused-ring (bicyclic) bond motifs is 2. The van der Waals surface area contributed by atoms with Crippen LogP contribution < -0.4 is 10.2 Å². The summed E-state index contributed by atoms with van der Waals surface area (Å²) in [6.45, 7) is 5.10. The summed E-state index contributed by atoms with van der Waals surface area (Å²) in [6.07, 6.45) is -0.548. The molecule has 8 heteroatoms. The highest BCUT2D eigenvalue weighted by Crippen LogP contribution is 2.36. The maximum atomic E-state index is 13.6. The molecular formula is C27H28N2O5S. The summed E-state index contributed by atoms with van der Waals surface area (Å²) < 4.78 is 24.5. The first-order valence-corrected chi connectivity index (χ1v) is 12.7. The van der Waals surface area contributed by atoms with E-state index in [2.05, 4.69) is 5.32 Å². The Morgan fingerprint density at radius 2 is 1.63 bits per heavy atom. The molecule has 2 amide bonds. The zero-order valence-electron chi connectivity index (χ0n) is 19.7. The molecule has 0 radical (unpaired) electrons. The molecule has 0 fully saturated rings. The standard InChI is InChI=1S/C27H28N2O5S/c1-3-33-25(34-4-2)17-28-26(30)20-14-15-24-22(16-20)29(18-19-10-6-5-7-11-19)27(31)21-12-8-9-13-23(21)35(24)32/h5-16,25H,3-4,17-18H2,1-2H3,(H,28,30)/t35-/m1/s1. The maximum absolute atomic E-state index is 13.6. The van der Waals surface area contributed by atoms with E-state index >= 15 is 0 Å². The average Bonchev–Trinajstić information content (AvgIpc) is 2.97. The van der Waals surface area contributed by atoms with Gasteiger partial charge < -0.3 is 19.7 Å². The van der Waals surface area contributed by atoms with Gasteiger partial charge in [-0.1, -0.05) is 42.5 Å². The number of ether oxygens (including phenoxy) is 2. The fourth-order valence-electron chi connectivity index (χ4n) is 3.94. The molecule has 1 atom stereocenters. The Bertz CT molecular complexity index is 1230. The lowest BCUT2D eigenvalue weighted by atomic mass is 10.1. The van der Waals surface area contributed by atoms with Crippen molar-refractivity contribution in [3.63, 3.8) is 0 Å². The van der Waals surface area contributed by atoms with Gasteiger partial charge in [0.15, 0.2) is 6.29 Å². The third-order valence-electron chi connectivity index (χ3n) is 5.59. The Hall–Kier alpha value is -3.33. The normalized spacial score (nSPS) is 14.9.